The van der Waals surface area contributed by atoms with Gasteiger partial charge in [0.1, 0.15) is 11.8 Å². The zero-order chi connectivity index (χ0) is 28.7. The number of nitrogens with one attached hydrogen (secondary N) is 4. The van der Waals surface area contributed by atoms with Crippen LogP contribution in [0.5, 0.6) is 11.5 Å². The maximum atomic E-state index is 13.1. The van der Waals surface area contributed by atoms with Crippen LogP contribution in [0.2, 0.25) is 10.0 Å². The minimum absolute atomic E-state index is 0.0591. The van der Waals surface area contributed by atoms with Crippen molar-refractivity contribution in [2.24, 2.45) is 5.92 Å². The second-order valence-corrected chi connectivity index (χ2v) is 12.0. The lowest BCUT2D eigenvalue weighted by Gasteiger charge is -2.23. The number of hydrogen-bond acceptors (Lipinski definition) is 6. The summed E-state index contributed by atoms with van der Waals surface area (Å²) in [6, 6.07) is 15.9. The van der Waals surface area contributed by atoms with Crippen LogP contribution in [0, 0.1) is 5.92 Å². The standard InChI is InChI=1S/C28H30Cl2N4O5S/c1-18(27(35)32-17-19-12-14-31-15-13-19)33-28(36)20-6-9-22(10-7-20)40(37,38)34-24-4-2-3-5-26(24)39-25-11-8-21(29)16-23(25)30/h2-11,16,18-19,31,34H,12-15,17H2,1H3,(H,32,35)(H,33,36)/t18-/m0/s1. The summed E-state index contributed by atoms with van der Waals surface area (Å²) in [5.74, 6) is 0.210. The van der Waals surface area contributed by atoms with Gasteiger partial charge in [0, 0.05) is 17.1 Å². The Kier molecular flexibility index (Phi) is 9.91. The lowest BCUT2D eigenvalue weighted by Crippen LogP contribution is -2.46. The van der Waals surface area contributed by atoms with Crippen LogP contribution in [0.4, 0.5) is 5.69 Å². The number of hydrogen-bond donors (Lipinski definition) is 4. The third-order valence-electron chi connectivity index (χ3n) is 6.44. The summed E-state index contributed by atoms with van der Waals surface area (Å²) in [5, 5.41) is 9.54. The Labute approximate surface area is 243 Å². The number of carbonyl (C=O) groups is 2. The molecule has 212 valence electrons. The van der Waals surface area contributed by atoms with Crippen LogP contribution in [0.15, 0.2) is 71.6 Å². The molecular formula is C28H30Cl2N4O5S. The van der Waals surface area contributed by atoms with Gasteiger partial charge in [-0.05, 0) is 93.4 Å². The summed E-state index contributed by atoms with van der Waals surface area (Å²) in [6.07, 6.45) is 2.00. The smallest absolute Gasteiger partial charge is 0.262 e. The van der Waals surface area contributed by atoms with Gasteiger partial charge in [0.05, 0.1) is 15.6 Å². The number of benzene rings is 3. The molecule has 0 aromatic heterocycles. The molecule has 9 nitrogen and oxygen atoms in total. The SMILES string of the molecule is C[C@H](NC(=O)c1ccc(S(=O)(=O)Nc2ccccc2Oc2ccc(Cl)cc2Cl)cc1)C(=O)NCC1CCNCC1. The van der Waals surface area contributed by atoms with Gasteiger partial charge in [-0.25, -0.2) is 8.42 Å². The first-order valence-corrected chi connectivity index (χ1v) is 15.0. The van der Waals surface area contributed by atoms with Crippen molar-refractivity contribution in [3.05, 3.63) is 82.3 Å². The van der Waals surface area contributed by atoms with E-state index in [-0.39, 0.29) is 32.8 Å². The fourth-order valence-corrected chi connectivity index (χ4v) is 5.65. The van der Waals surface area contributed by atoms with E-state index in [0.29, 0.717) is 23.2 Å². The van der Waals surface area contributed by atoms with Crippen LogP contribution in [0.25, 0.3) is 0 Å². The molecule has 1 fully saturated rings. The molecule has 1 aliphatic heterocycles. The predicted octanol–water partition coefficient (Wildman–Crippen LogP) is 4.82. The van der Waals surface area contributed by atoms with Gasteiger partial charge < -0.3 is 20.7 Å². The van der Waals surface area contributed by atoms with Crippen molar-refractivity contribution in [2.75, 3.05) is 24.4 Å². The number of anilines is 1. The number of halogens is 2. The van der Waals surface area contributed by atoms with Crippen molar-refractivity contribution in [1.29, 1.82) is 0 Å². The van der Waals surface area contributed by atoms with E-state index in [1.807, 2.05) is 0 Å². The Morgan fingerprint density at radius 3 is 2.40 bits per heavy atom. The number of para-hydroxylation sites is 2. The van der Waals surface area contributed by atoms with Crippen LogP contribution in [0.3, 0.4) is 0 Å². The molecule has 0 aliphatic carbocycles. The molecule has 40 heavy (non-hydrogen) atoms. The molecule has 4 rings (SSSR count). The zero-order valence-electron chi connectivity index (χ0n) is 21.7. The molecule has 0 bridgehead atoms. The topological polar surface area (TPSA) is 126 Å². The summed E-state index contributed by atoms with van der Waals surface area (Å²) in [7, 11) is -4.03. The first kappa shape index (κ1) is 29.7. The number of piperidine rings is 1. The van der Waals surface area contributed by atoms with Gasteiger partial charge in [-0.3, -0.25) is 14.3 Å². The highest BCUT2D eigenvalue weighted by Crippen LogP contribution is 2.35. The van der Waals surface area contributed by atoms with Gasteiger partial charge >= 0.3 is 0 Å². The molecule has 4 N–H and O–H groups in total. The van der Waals surface area contributed by atoms with Gasteiger partial charge in [-0.1, -0.05) is 35.3 Å². The van der Waals surface area contributed by atoms with E-state index >= 15 is 0 Å². The van der Waals surface area contributed by atoms with Crippen LogP contribution in [0.1, 0.15) is 30.1 Å². The average Bonchev–Trinajstić information content (AvgIpc) is 2.94. The van der Waals surface area contributed by atoms with Crippen molar-refractivity contribution < 1.29 is 22.7 Å². The fourth-order valence-electron chi connectivity index (χ4n) is 4.13. The third-order valence-corrected chi connectivity index (χ3v) is 8.35. The van der Waals surface area contributed by atoms with Gasteiger partial charge in [0.25, 0.3) is 15.9 Å². The Hall–Kier alpha value is -3.31. The molecule has 1 atom stereocenters. The van der Waals surface area contributed by atoms with E-state index in [9.17, 15) is 18.0 Å². The van der Waals surface area contributed by atoms with Crippen molar-refractivity contribution in [2.45, 2.75) is 30.7 Å². The lowest BCUT2D eigenvalue weighted by molar-refractivity contribution is -0.122. The first-order chi connectivity index (χ1) is 19.1. The zero-order valence-corrected chi connectivity index (χ0v) is 24.1. The van der Waals surface area contributed by atoms with Crippen molar-refractivity contribution in [3.63, 3.8) is 0 Å². The number of sulfonamides is 1. The van der Waals surface area contributed by atoms with Crippen molar-refractivity contribution in [1.82, 2.24) is 16.0 Å². The van der Waals surface area contributed by atoms with Gasteiger partial charge in [-0.2, -0.15) is 0 Å². The number of ether oxygens (including phenoxy) is 1. The maximum absolute atomic E-state index is 13.1. The van der Waals surface area contributed by atoms with E-state index in [2.05, 4.69) is 20.7 Å². The van der Waals surface area contributed by atoms with Crippen molar-refractivity contribution in [3.8, 4) is 11.5 Å². The van der Waals surface area contributed by atoms with E-state index in [0.717, 1.165) is 25.9 Å². The quantitative estimate of drug-likeness (QED) is 0.263. The predicted molar refractivity (Wildman–Crippen MR) is 156 cm³/mol. The normalized spacial score (nSPS) is 14.7. The van der Waals surface area contributed by atoms with E-state index in [1.165, 1.54) is 30.3 Å². The number of rotatable bonds is 10. The maximum Gasteiger partial charge on any atom is 0.262 e. The fraction of sp³-hybridized carbons (Fsp3) is 0.286. The lowest BCUT2D eigenvalue weighted by atomic mass is 9.98. The Morgan fingerprint density at radius 1 is 1.00 bits per heavy atom. The monoisotopic (exact) mass is 604 g/mol. The molecule has 12 heteroatoms. The molecule has 0 spiro atoms. The molecule has 3 aromatic rings. The van der Waals surface area contributed by atoms with Crippen molar-refractivity contribution >= 4 is 50.7 Å². The highest BCUT2D eigenvalue weighted by molar-refractivity contribution is 7.92. The largest absolute Gasteiger partial charge is 0.454 e. The summed E-state index contributed by atoms with van der Waals surface area (Å²) >= 11 is 12.1. The third kappa shape index (κ3) is 7.88. The van der Waals surface area contributed by atoms with Gasteiger partial charge in [0.2, 0.25) is 5.91 Å². The highest BCUT2D eigenvalue weighted by Gasteiger charge is 2.21. The second-order valence-electron chi connectivity index (χ2n) is 9.44. The Balaban J connectivity index is 1.37. The molecule has 0 saturated carbocycles. The van der Waals surface area contributed by atoms with Gasteiger partial charge in [0.15, 0.2) is 5.75 Å². The summed E-state index contributed by atoms with van der Waals surface area (Å²) < 4.78 is 34.5. The summed E-state index contributed by atoms with van der Waals surface area (Å²) in [6.45, 7) is 4.05. The average molecular weight is 606 g/mol. The molecule has 1 saturated heterocycles. The minimum atomic E-state index is -4.03. The van der Waals surface area contributed by atoms with Crippen LogP contribution < -0.4 is 25.4 Å². The summed E-state index contributed by atoms with van der Waals surface area (Å²) in [4.78, 5) is 25.1. The summed E-state index contributed by atoms with van der Waals surface area (Å²) in [5.41, 5.74) is 0.415. The first-order valence-electron chi connectivity index (χ1n) is 12.8. The van der Waals surface area contributed by atoms with E-state index < -0.39 is 22.0 Å². The molecule has 3 aromatic carbocycles. The Morgan fingerprint density at radius 2 is 1.70 bits per heavy atom. The molecule has 2 amide bonds. The minimum Gasteiger partial charge on any atom is -0.454 e. The molecule has 1 aliphatic rings. The van der Waals surface area contributed by atoms with Crippen LogP contribution in [-0.4, -0.2) is 45.9 Å². The molecule has 0 unspecified atom stereocenters. The molecule has 1 heterocycles. The molecule has 0 radical (unpaired) electrons. The second kappa shape index (κ2) is 13.4. The Bertz CT molecular complexity index is 1460. The van der Waals surface area contributed by atoms with Gasteiger partial charge in [-0.15, -0.1) is 0 Å². The van der Waals surface area contributed by atoms with E-state index in [1.54, 1.807) is 43.3 Å². The number of amides is 2. The van der Waals surface area contributed by atoms with E-state index in [4.69, 9.17) is 27.9 Å². The highest BCUT2D eigenvalue weighted by atomic mass is 35.5. The number of carbonyl (C=O) groups excluding carboxylic acids is 2. The van der Waals surface area contributed by atoms with Crippen LogP contribution in [-0.2, 0) is 14.8 Å². The van der Waals surface area contributed by atoms with Crippen LogP contribution >= 0.6 is 23.2 Å². The molecular weight excluding hydrogens is 575 g/mol.